The van der Waals surface area contributed by atoms with Crippen molar-refractivity contribution in [2.45, 2.75) is 59.5 Å². The Morgan fingerprint density at radius 2 is 1.73 bits per heavy atom. The standard InChI is InChI=1S/C14H28N2O5.CH4/c1-14(2,3)21-13(18)16-20-11-6-5-9-15-12(17)8-7-10-19-4;/h5-11H2,1-4H3,(H,15,17)(H,16,18);1H4. The van der Waals surface area contributed by atoms with Crippen LogP contribution in [0.15, 0.2) is 0 Å². The molecular weight excluding hydrogens is 288 g/mol. The number of carbonyl (C=O) groups is 2. The van der Waals surface area contributed by atoms with Gasteiger partial charge in [-0.15, -0.1) is 0 Å². The van der Waals surface area contributed by atoms with E-state index < -0.39 is 11.7 Å². The van der Waals surface area contributed by atoms with Gasteiger partial charge in [-0.25, -0.2) is 4.79 Å². The highest BCUT2D eigenvalue weighted by Crippen LogP contribution is 2.06. The molecule has 0 unspecified atom stereocenters. The summed E-state index contributed by atoms with van der Waals surface area (Å²) in [6.45, 7) is 6.91. The summed E-state index contributed by atoms with van der Waals surface area (Å²) in [5.41, 5.74) is 1.67. The van der Waals surface area contributed by atoms with Crippen LogP contribution in [-0.4, -0.2) is 44.5 Å². The van der Waals surface area contributed by atoms with Crippen molar-refractivity contribution in [3.8, 4) is 0 Å². The molecule has 0 aromatic heterocycles. The summed E-state index contributed by atoms with van der Waals surface area (Å²) < 4.78 is 9.87. The molecule has 0 bridgehead atoms. The summed E-state index contributed by atoms with van der Waals surface area (Å²) in [5.74, 6) is 0.0276. The maximum atomic E-state index is 11.4. The van der Waals surface area contributed by atoms with Crippen molar-refractivity contribution in [2.24, 2.45) is 0 Å². The van der Waals surface area contributed by atoms with Crippen molar-refractivity contribution in [2.75, 3.05) is 26.9 Å². The fraction of sp³-hybridized carbons (Fsp3) is 0.867. The molecule has 0 spiro atoms. The van der Waals surface area contributed by atoms with E-state index in [4.69, 9.17) is 14.3 Å². The fourth-order valence-electron chi connectivity index (χ4n) is 1.40. The van der Waals surface area contributed by atoms with Gasteiger partial charge in [-0.1, -0.05) is 7.43 Å². The molecule has 0 atom stereocenters. The second-order valence-electron chi connectivity index (χ2n) is 5.61. The van der Waals surface area contributed by atoms with Gasteiger partial charge in [0.1, 0.15) is 5.60 Å². The Hall–Kier alpha value is -1.34. The normalized spacial score (nSPS) is 10.5. The van der Waals surface area contributed by atoms with Gasteiger partial charge in [-0.3, -0.25) is 9.63 Å². The number of rotatable bonds is 10. The maximum Gasteiger partial charge on any atom is 0.431 e. The molecule has 0 aliphatic carbocycles. The van der Waals surface area contributed by atoms with Gasteiger partial charge >= 0.3 is 6.09 Å². The lowest BCUT2D eigenvalue weighted by atomic mass is 10.2. The molecule has 0 aliphatic rings. The van der Waals surface area contributed by atoms with Crippen LogP contribution in [0.3, 0.4) is 0 Å². The molecule has 0 heterocycles. The van der Waals surface area contributed by atoms with Crippen LogP contribution < -0.4 is 10.8 Å². The molecule has 0 radical (unpaired) electrons. The first kappa shape index (κ1) is 22.9. The Morgan fingerprint density at radius 3 is 2.32 bits per heavy atom. The smallest absolute Gasteiger partial charge is 0.431 e. The van der Waals surface area contributed by atoms with E-state index >= 15 is 0 Å². The van der Waals surface area contributed by atoms with E-state index in [-0.39, 0.29) is 13.3 Å². The van der Waals surface area contributed by atoms with Crippen molar-refractivity contribution in [3.63, 3.8) is 0 Å². The lowest BCUT2D eigenvalue weighted by molar-refractivity contribution is -0.121. The van der Waals surface area contributed by atoms with Gasteiger partial charge in [-0.2, -0.15) is 5.48 Å². The molecule has 2 N–H and O–H groups in total. The number of hydrogen-bond donors (Lipinski definition) is 2. The van der Waals surface area contributed by atoms with E-state index in [1.807, 2.05) is 0 Å². The van der Waals surface area contributed by atoms with Crippen LogP contribution in [0.5, 0.6) is 0 Å². The summed E-state index contributed by atoms with van der Waals surface area (Å²) in [6, 6.07) is 0. The van der Waals surface area contributed by atoms with Gasteiger partial charge in [0.05, 0.1) is 6.61 Å². The molecule has 0 aromatic rings. The predicted molar refractivity (Wildman–Crippen MR) is 85.4 cm³/mol. The third kappa shape index (κ3) is 16.7. The Kier molecular flexibility index (Phi) is 13.9. The fourth-order valence-corrected chi connectivity index (χ4v) is 1.40. The van der Waals surface area contributed by atoms with Crippen molar-refractivity contribution >= 4 is 12.0 Å². The number of methoxy groups -OCH3 is 1. The van der Waals surface area contributed by atoms with Crippen LogP contribution in [0.1, 0.15) is 53.9 Å². The minimum atomic E-state index is -0.603. The lowest BCUT2D eigenvalue weighted by Gasteiger charge is -2.19. The molecule has 0 fully saturated rings. The van der Waals surface area contributed by atoms with Gasteiger partial charge in [-0.05, 0) is 40.0 Å². The van der Waals surface area contributed by atoms with E-state index in [1.54, 1.807) is 27.9 Å². The first-order valence-electron chi connectivity index (χ1n) is 7.21. The second-order valence-corrected chi connectivity index (χ2v) is 5.61. The zero-order valence-corrected chi connectivity index (χ0v) is 13.5. The van der Waals surface area contributed by atoms with Gasteiger partial charge < -0.3 is 14.8 Å². The molecule has 7 heteroatoms. The largest absolute Gasteiger partial charge is 0.442 e. The number of hydroxylamine groups is 1. The quantitative estimate of drug-likeness (QED) is 0.477. The Bertz CT molecular complexity index is 303. The zero-order valence-electron chi connectivity index (χ0n) is 13.5. The number of ether oxygens (including phenoxy) is 2. The van der Waals surface area contributed by atoms with Crippen LogP contribution >= 0.6 is 0 Å². The highest BCUT2D eigenvalue weighted by Gasteiger charge is 2.15. The highest BCUT2D eigenvalue weighted by atomic mass is 16.7. The van der Waals surface area contributed by atoms with Crippen molar-refractivity contribution in [1.82, 2.24) is 10.8 Å². The SMILES string of the molecule is C.COCCCC(=O)NCCCCONC(=O)OC(C)(C)C. The molecule has 0 aliphatic heterocycles. The molecule has 0 saturated carbocycles. The van der Waals surface area contributed by atoms with Gasteiger partial charge in [0.25, 0.3) is 0 Å². The number of hydrogen-bond acceptors (Lipinski definition) is 5. The van der Waals surface area contributed by atoms with Gasteiger partial charge in [0.15, 0.2) is 0 Å². The predicted octanol–water partition coefficient (Wildman–Crippen LogP) is 2.40. The zero-order chi connectivity index (χ0) is 16.1. The van der Waals surface area contributed by atoms with E-state index in [0.29, 0.717) is 26.2 Å². The molecular formula is C15H32N2O5. The van der Waals surface area contributed by atoms with Crippen LogP contribution in [0.25, 0.3) is 0 Å². The monoisotopic (exact) mass is 320 g/mol. The average Bonchev–Trinajstić information content (AvgIpc) is 2.35. The summed E-state index contributed by atoms with van der Waals surface area (Å²) in [5, 5.41) is 2.81. The number of nitrogens with one attached hydrogen (secondary N) is 2. The molecule has 7 nitrogen and oxygen atoms in total. The van der Waals surface area contributed by atoms with Crippen molar-refractivity contribution in [1.29, 1.82) is 0 Å². The highest BCUT2D eigenvalue weighted by molar-refractivity contribution is 5.75. The Balaban J connectivity index is 0. The topological polar surface area (TPSA) is 85.9 Å². The second kappa shape index (κ2) is 13.3. The number of carbonyl (C=O) groups excluding carboxylic acids is 2. The lowest BCUT2D eigenvalue weighted by Crippen LogP contribution is -2.32. The summed E-state index contributed by atoms with van der Waals surface area (Å²) in [4.78, 5) is 27.6. The van der Waals surface area contributed by atoms with Crippen LogP contribution in [0, 0.1) is 0 Å². The average molecular weight is 320 g/mol. The molecule has 0 rings (SSSR count). The molecule has 0 saturated heterocycles. The Labute approximate surface area is 134 Å². The van der Waals surface area contributed by atoms with Crippen molar-refractivity contribution in [3.05, 3.63) is 0 Å². The number of amides is 2. The summed E-state index contributed by atoms with van der Waals surface area (Å²) in [7, 11) is 1.61. The summed E-state index contributed by atoms with van der Waals surface area (Å²) in [6.07, 6.45) is 2.12. The van der Waals surface area contributed by atoms with E-state index in [0.717, 1.165) is 19.3 Å². The third-order valence-corrected chi connectivity index (χ3v) is 2.30. The van der Waals surface area contributed by atoms with Gasteiger partial charge in [0.2, 0.25) is 5.91 Å². The minimum Gasteiger partial charge on any atom is -0.442 e. The third-order valence-electron chi connectivity index (χ3n) is 2.30. The molecule has 0 aromatic carbocycles. The van der Waals surface area contributed by atoms with Crippen LogP contribution in [0.4, 0.5) is 4.79 Å². The van der Waals surface area contributed by atoms with Crippen LogP contribution in [-0.2, 0) is 19.1 Å². The maximum absolute atomic E-state index is 11.4. The van der Waals surface area contributed by atoms with E-state index in [9.17, 15) is 9.59 Å². The number of unbranched alkanes of at least 4 members (excludes halogenated alkanes) is 1. The van der Waals surface area contributed by atoms with Crippen LogP contribution in [0.2, 0.25) is 0 Å². The van der Waals surface area contributed by atoms with E-state index in [2.05, 4.69) is 10.8 Å². The van der Waals surface area contributed by atoms with Gasteiger partial charge in [0, 0.05) is 26.7 Å². The summed E-state index contributed by atoms with van der Waals surface area (Å²) >= 11 is 0. The molecule has 132 valence electrons. The molecule has 22 heavy (non-hydrogen) atoms. The minimum absolute atomic E-state index is 0. The van der Waals surface area contributed by atoms with E-state index in [1.165, 1.54) is 0 Å². The first-order chi connectivity index (χ1) is 9.85. The van der Waals surface area contributed by atoms with Crippen molar-refractivity contribution < 1.29 is 23.9 Å². The first-order valence-corrected chi connectivity index (χ1v) is 7.21. The Morgan fingerprint density at radius 1 is 1.05 bits per heavy atom. The molecule has 2 amide bonds.